The van der Waals surface area contributed by atoms with Crippen LogP contribution in [-0.4, -0.2) is 93.1 Å². The molecule has 0 aliphatic carbocycles. The van der Waals surface area contributed by atoms with Crippen LogP contribution in [0.25, 0.3) is 0 Å². The van der Waals surface area contributed by atoms with Gasteiger partial charge in [0, 0.05) is 25.7 Å². The van der Waals surface area contributed by atoms with E-state index >= 15 is 0 Å². The molecule has 1 aromatic rings. The number of likely N-dealkylation sites (tertiary alicyclic amines) is 3. The number of ether oxygens (including phenoxy) is 1. The smallest absolute Gasteiger partial charge is 0.408 e. The Labute approximate surface area is 222 Å². The first-order valence-electron chi connectivity index (χ1n) is 13.0. The van der Waals surface area contributed by atoms with Gasteiger partial charge in [-0.1, -0.05) is 12.1 Å². The number of carbonyl (C=O) groups excluding carboxylic acids is 3. The molecule has 38 heavy (non-hydrogen) atoms. The number of aromatic carboxylic acids is 1. The number of rotatable bonds is 7. The second-order valence-electron chi connectivity index (χ2n) is 11.2. The zero-order valence-corrected chi connectivity index (χ0v) is 22.2. The lowest BCUT2D eigenvalue weighted by atomic mass is 10.0. The molecule has 4 rings (SSSR count). The van der Waals surface area contributed by atoms with E-state index in [9.17, 15) is 24.4 Å². The first-order chi connectivity index (χ1) is 17.9. The summed E-state index contributed by atoms with van der Waals surface area (Å²) in [5, 5.41) is 21.3. The van der Waals surface area contributed by atoms with Crippen molar-refractivity contribution in [3.05, 3.63) is 35.4 Å². The number of carboxylic acid groups (broad SMARTS) is 1. The van der Waals surface area contributed by atoms with Crippen LogP contribution in [0.2, 0.25) is 0 Å². The fraction of sp³-hybridized carbons (Fsp3) is 0.593. The molecule has 204 valence electrons. The molecule has 1 aromatic carbocycles. The molecule has 2 N–H and O–H groups in total. The molecule has 3 aliphatic heterocycles. The zero-order chi connectivity index (χ0) is 27.8. The SMILES string of the molecule is C[C@@H](c1ccc(C(=O)O)cc1)N1C(=O)[C@H]2C[C@@H]1CN2C[C@H](NC(=O)OC(C)(C)C)C(=O)N1CCC[C@H]1C#N. The lowest BCUT2D eigenvalue weighted by molar-refractivity contribution is -0.141. The number of benzene rings is 1. The number of piperazine rings is 1. The van der Waals surface area contributed by atoms with Crippen LogP contribution in [0.1, 0.15) is 68.9 Å². The van der Waals surface area contributed by atoms with Crippen LogP contribution >= 0.6 is 0 Å². The second kappa shape index (κ2) is 10.6. The zero-order valence-electron chi connectivity index (χ0n) is 22.2. The minimum absolute atomic E-state index is 0.0596. The van der Waals surface area contributed by atoms with E-state index in [0.29, 0.717) is 25.9 Å². The summed E-state index contributed by atoms with van der Waals surface area (Å²) in [7, 11) is 0. The quantitative estimate of drug-likeness (QED) is 0.551. The van der Waals surface area contributed by atoms with Crippen LogP contribution in [-0.2, 0) is 14.3 Å². The normalized spacial score (nSPS) is 24.7. The van der Waals surface area contributed by atoms with E-state index in [1.54, 1.807) is 32.9 Å². The Morgan fingerprint density at radius 2 is 1.92 bits per heavy atom. The number of fused-ring (bicyclic) bond motifs is 2. The molecule has 0 saturated carbocycles. The summed E-state index contributed by atoms with van der Waals surface area (Å²) in [4.78, 5) is 55.9. The van der Waals surface area contributed by atoms with E-state index in [1.165, 1.54) is 17.0 Å². The Bertz CT molecular complexity index is 1140. The fourth-order valence-corrected chi connectivity index (χ4v) is 5.70. The largest absolute Gasteiger partial charge is 0.478 e. The van der Waals surface area contributed by atoms with Crippen LogP contribution in [0.15, 0.2) is 24.3 Å². The van der Waals surface area contributed by atoms with Crippen molar-refractivity contribution in [1.29, 1.82) is 5.26 Å². The van der Waals surface area contributed by atoms with Gasteiger partial charge in [0.15, 0.2) is 0 Å². The first-order valence-corrected chi connectivity index (χ1v) is 13.0. The van der Waals surface area contributed by atoms with Crippen LogP contribution in [0, 0.1) is 11.3 Å². The molecular weight excluding hydrogens is 490 g/mol. The number of nitriles is 1. The average Bonchev–Trinajstić information content (AvgIpc) is 3.56. The van der Waals surface area contributed by atoms with Crippen molar-refractivity contribution in [1.82, 2.24) is 20.0 Å². The number of amides is 3. The van der Waals surface area contributed by atoms with Gasteiger partial charge in [-0.2, -0.15) is 5.26 Å². The highest BCUT2D eigenvalue weighted by Crippen LogP contribution is 2.38. The maximum absolute atomic E-state index is 13.5. The number of carboxylic acids is 1. The summed E-state index contributed by atoms with van der Waals surface area (Å²) in [6.07, 6.45) is 1.19. The minimum atomic E-state index is -1.00. The lowest BCUT2D eigenvalue weighted by Gasteiger charge is -2.39. The van der Waals surface area contributed by atoms with Crippen molar-refractivity contribution in [2.45, 2.75) is 82.8 Å². The molecule has 0 spiro atoms. The highest BCUT2D eigenvalue weighted by Gasteiger charge is 2.52. The van der Waals surface area contributed by atoms with Gasteiger partial charge in [-0.15, -0.1) is 0 Å². The molecule has 3 fully saturated rings. The number of carbonyl (C=O) groups is 4. The molecule has 0 unspecified atom stereocenters. The summed E-state index contributed by atoms with van der Waals surface area (Å²) in [5.41, 5.74) is 0.285. The van der Waals surface area contributed by atoms with Gasteiger partial charge >= 0.3 is 12.1 Å². The number of hydrogen-bond acceptors (Lipinski definition) is 7. The van der Waals surface area contributed by atoms with Gasteiger partial charge in [0.1, 0.15) is 17.7 Å². The average molecular weight is 526 g/mol. The van der Waals surface area contributed by atoms with Gasteiger partial charge in [0.25, 0.3) is 0 Å². The Hall–Kier alpha value is -3.65. The minimum Gasteiger partial charge on any atom is -0.478 e. The van der Waals surface area contributed by atoms with Crippen LogP contribution in [0.5, 0.6) is 0 Å². The van der Waals surface area contributed by atoms with Gasteiger partial charge in [-0.05, 0) is 64.7 Å². The number of nitrogens with one attached hydrogen (secondary N) is 1. The monoisotopic (exact) mass is 525 g/mol. The maximum Gasteiger partial charge on any atom is 0.408 e. The van der Waals surface area contributed by atoms with Gasteiger partial charge in [-0.25, -0.2) is 9.59 Å². The van der Waals surface area contributed by atoms with E-state index in [4.69, 9.17) is 9.84 Å². The summed E-state index contributed by atoms with van der Waals surface area (Å²) in [6, 6.07) is 6.46. The third-order valence-electron chi connectivity index (χ3n) is 7.46. The predicted molar refractivity (Wildman–Crippen MR) is 136 cm³/mol. The molecule has 5 atom stereocenters. The molecule has 3 amide bonds. The Kier molecular flexibility index (Phi) is 7.65. The Balaban J connectivity index is 1.47. The van der Waals surface area contributed by atoms with Crippen molar-refractivity contribution >= 4 is 23.9 Å². The lowest BCUT2D eigenvalue weighted by Crippen LogP contribution is -2.59. The third kappa shape index (κ3) is 5.60. The molecule has 11 nitrogen and oxygen atoms in total. The summed E-state index contributed by atoms with van der Waals surface area (Å²) < 4.78 is 5.39. The number of nitrogens with zero attached hydrogens (tertiary/aromatic N) is 4. The van der Waals surface area contributed by atoms with Gasteiger partial charge < -0.3 is 25.0 Å². The van der Waals surface area contributed by atoms with E-state index in [1.807, 2.05) is 16.7 Å². The Morgan fingerprint density at radius 3 is 2.50 bits per heavy atom. The summed E-state index contributed by atoms with van der Waals surface area (Å²) in [6.45, 7) is 8.24. The summed E-state index contributed by atoms with van der Waals surface area (Å²) >= 11 is 0. The number of alkyl carbamates (subject to hydrolysis) is 1. The standard InChI is InChI=1S/C27H35N5O6/c1-16(17-7-9-18(10-8-17)25(35)36)32-20-12-22(24(32)34)30(14-20)15-21(29-26(37)38-27(2,3)4)23(33)31-11-5-6-19(31)13-28/h7-10,16,19-22H,5-6,11-12,14-15H2,1-4H3,(H,29,37)(H,35,36)/t16-,19-,20+,21-,22+/m0/s1. The van der Waals surface area contributed by atoms with E-state index in [-0.39, 0.29) is 36.0 Å². The molecule has 2 bridgehead atoms. The fourth-order valence-electron chi connectivity index (χ4n) is 5.70. The molecule has 3 saturated heterocycles. The Morgan fingerprint density at radius 1 is 1.24 bits per heavy atom. The van der Waals surface area contributed by atoms with Crippen molar-refractivity contribution in [2.75, 3.05) is 19.6 Å². The van der Waals surface area contributed by atoms with E-state index in [2.05, 4.69) is 11.4 Å². The molecule has 0 aromatic heterocycles. The van der Waals surface area contributed by atoms with Crippen molar-refractivity contribution in [3.8, 4) is 6.07 Å². The third-order valence-corrected chi connectivity index (χ3v) is 7.46. The number of hydrogen-bond donors (Lipinski definition) is 2. The van der Waals surface area contributed by atoms with Gasteiger partial charge in [-0.3, -0.25) is 14.5 Å². The topological polar surface area (TPSA) is 143 Å². The van der Waals surface area contributed by atoms with E-state index in [0.717, 1.165) is 12.0 Å². The van der Waals surface area contributed by atoms with Gasteiger partial charge in [0.2, 0.25) is 11.8 Å². The maximum atomic E-state index is 13.5. The van der Waals surface area contributed by atoms with Crippen LogP contribution in [0.3, 0.4) is 0 Å². The molecule has 11 heteroatoms. The highest BCUT2D eigenvalue weighted by atomic mass is 16.6. The van der Waals surface area contributed by atoms with Crippen molar-refractivity contribution in [2.24, 2.45) is 0 Å². The highest BCUT2D eigenvalue weighted by molar-refractivity contribution is 5.89. The second-order valence-corrected chi connectivity index (χ2v) is 11.2. The first kappa shape index (κ1) is 27.4. The van der Waals surface area contributed by atoms with Crippen LogP contribution < -0.4 is 5.32 Å². The van der Waals surface area contributed by atoms with E-state index < -0.39 is 35.8 Å². The van der Waals surface area contributed by atoms with Gasteiger partial charge in [0.05, 0.1) is 23.7 Å². The van der Waals surface area contributed by atoms with Crippen LogP contribution in [0.4, 0.5) is 4.79 Å². The molecule has 0 radical (unpaired) electrons. The molecule has 3 aliphatic rings. The molecular formula is C27H35N5O6. The molecule has 3 heterocycles. The summed E-state index contributed by atoms with van der Waals surface area (Å²) in [5.74, 6) is -1.41. The van der Waals surface area contributed by atoms with Crippen molar-refractivity contribution < 1.29 is 29.0 Å². The van der Waals surface area contributed by atoms with Crippen molar-refractivity contribution in [3.63, 3.8) is 0 Å². The predicted octanol–water partition coefficient (Wildman–Crippen LogP) is 2.14.